The van der Waals surface area contributed by atoms with Crippen LogP contribution in [0.4, 0.5) is 4.39 Å². The van der Waals surface area contributed by atoms with E-state index < -0.39 is 39.7 Å². The molecule has 1 aromatic carbocycles. The summed E-state index contributed by atoms with van der Waals surface area (Å²) >= 11 is 1.13. The van der Waals surface area contributed by atoms with Crippen molar-refractivity contribution in [2.24, 2.45) is 5.92 Å². The zero-order valence-electron chi connectivity index (χ0n) is 16.2. The fourth-order valence-corrected chi connectivity index (χ4v) is 5.68. The zero-order valence-corrected chi connectivity index (χ0v) is 17.8. The highest BCUT2D eigenvalue weighted by molar-refractivity contribution is 7.91. The predicted octanol–water partition coefficient (Wildman–Crippen LogP) is 1.90. The smallest absolute Gasteiger partial charge is 0.279 e. The molecule has 0 aliphatic carbocycles. The number of halogens is 1. The van der Waals surface area contributed by atoms with Gasteiger partial charge in [0.05, 0.1) is 5.92 Å². The van der Waals surface area contributed by atoms with Crippen LogP contribution in [0.1, 0.15) is 19.8 Å². The van der Waals surface area contributed by atoms with Gasteiger partial charge in [-0.3, -0.25) is 20.4 Å². The SMILES string of the molecule is CC(Oc1ccc(F)cc1)C(=O)NNC(=O)C1CCCN(S(=O)(=O)c2cccs2)C1. The van der Waals surface area contributed by atoms with Gasteiger partial charge in [0.15, 0.2) is 6.10 Å². The van der Waals surface area contributed by atoms with E-state index in [1.54, 1.807) is 11.4 Å². The Hall–Kier alpha value is -2.50. The fraction of sp³-hybridized carbons (Fsp3) is 0.368. The molecule has 0 spiro atoms. The summed E-state index contributed by atoms with van der Waals surface area (Å²) < 4.78 is 45.2. The van der Waals surface area contributed by atoms with Crippen molar-refractivity contribution in [1.29, 1.82) is 0 Å². The average molecular weight is 456 g/mol. The number of piperidine rings is 1. The molecule has 1 aliphatic heterocycles. The number of nitrogens with one attached hydrogen (secondary N) is 2. The minimum atomic E-state index is -3.63. The molecule has 3 rings (SSSR count). The average Bonchev–Trinajstić information content (AvgIpc) is 3.29. The summed E-state index contributed by atoms with van der Waals surface area (Å²) in [6, 6.07) is 8.40. The quantitative estimate of drug-likeness (QED) is 0.648. The third-order valence-corrected chi connectivity index (χ3v) is 7.89. The summed E-state index contributed by atoms with van der Waals surface area (Å²) in [6.07, 6.45) is 0.123. The summed E-state index contributed by atoms with van der Waals surface area (Å²) in [5.74, 6) is -1.75. The number of rotatable bonds is 6. The van der Waals surface area contributed by atoms with Gasteiger partial charge in [0, 0.05) is 13.1 Å². The molecule has 0 bridgehead atoms. The Morgan fingerprint density at radius 1 is 1.23 bits per heavy atom. The maximum atomic E-state index is 12.9. The summed E-state index contributed by atoms with van der Waals surface area (Å²) in [5.41, 5.74) is 4.63. The molecule has 2 heterocycles. The van der Waals surface area contributed by atoms with Crippen molar-refractivity contribution < 1.29 is 27.1 Å². The van der Waals surface area contributed by atoms with Gasteiger partial charge in [0.2, 0.25) is 5.91 Å². The summed E-state index contributed by atoms with van der Waals surface area (Å²) in [4.78, 5) is 24.6. The van der Waals surface area contributed by atoms with E-state index in [2.05, 4.69) is 10.9 Å². The molecule has 11 heteroatoms. The van der Waals surface area contributed by atoms with E-state index in [-0.39, 0.29) is 10.8 Å². The Morgan fingerprint density at radius 2 is 1.97 bits per heavy atom. The predicted molar refractivity (Wildman–Crippen MR) is 109 cm³/mol. The molecule has 30 heavy (non-hydrogen) atoms. The Balaban J connectivity index is 1.51. The zero-order chi connectivity index (χ0) is 21.7. The van der Waals surface area contributed by atoms with Gasteiger partial charge in [-0.15, -0.1) is 11.3 Å². The van der Waals surface area contributed by atoms with Gasteiger partial charge in [0.1, 0.15) is 15.8 Å². The first-order chi connectivity index (χ1) is 14.3. The summed E-state index contributed by atoms with van der Waals surface area (Å²) in [5, 5.41) is 1.69. The first kappa shape index (κ1) is 22.2. The van der Waals surface area contributed by atoms with Crippen LogP contribution in [0.15, 0.2) is 46.0 Å². The molecule has 2 aromatic rings. The molecular formula is C19H22FN3O5S2. The molecule has 2 unspecified atom stereocenters. The van der Waals surface area contributed by atoms with Crippen LogP contribution in [-0.4, -0.2) is 43.7 Å². The molecule has 1 saturated heterocycles. The van der Waals surface area contributed by atoms with Crippen LogP contribution in [0, 0.1) is 11.7 Å². The second kappa shape index (κ2) is 9.54. The van der Waals surface area contributed by atoms with Crippen LogP contribution < -0.4 is 15.6 Å². The number of hydrazine groups is 1. The minimum Gasteiger partial charge on any atom is -0.481 e. The van der Waals surface area contributed by atoms with Crippen LogP contribution in [0.5, 0.6) is 5.75 Å². The topological polar surface area (TPSA) is 105 Å². The third kappa shape index (κ3) is 5.35. The number of thiophene rings is 1. The number of carbonyl (C=O) groups is 2. The molecular weight excluding hydrogens is 433 g/mol. The molecule has 8 nitrogen and oxygen atoms in total. The molecule has 2 N–H and O–H groups in total. The molecule has 1 aromatic heterocycles. The van der Waals surface area contributed by atoms with Gasteiger partial charge < -0.3 is 4.74 Å². The van der Waals surface area contributed by atoms with E-state index in [1.807, 2.05) is 0 Å². The third-order valence-electron chi connectivity index (χ3n) is 4.65. The number of hydrogen-bond donors (Lipinski definition) is 2. The van der Waals surface area contributed by atoms with Crippen molar-refractivity contribution in [3.05, 3.63) is 47.6 Å². The molecule has 2 amide bonds. The fourth-order valence-electron chi connectivity index (χ4n) is 3.01. The highest BCUT2D eigenvalue weighted by Crippen LogP contribution is 2.26. The lowest BCUT2D eigenvalue weighted by Gasteiger charge is -2.30. The number of ether oxygens (including phenoxy) is 1. The lowest BCUT2D eigenvalue weighted by molar-refractivity contribution is -0.134. The second-order valence-corrected chi connectivity index (χ2v) is 9.94. The van der Waals surface area contributed by atoms with Crippen molar-refractivity contribution >= 4 is 33.2 Å². The minimum absolute atomic E-state index is 0.0452. The number of carbonyl (C=O) groups excluding carboxylic acids is 2. The van der Waals surface area contributed by atoms with E-state index in [1.165, 1.54) is 41.6 Å². The van der Waals surface area contributed by atoms with Gasteiger partial charge in [-0.05, 0) is 55.5 Å². The summed E-state index contributed by atoms with van der Waals surface area (Å²) in [7, 11) is -3.63. The number of nitrogens with zero attached hydrogens (tertiary/aromatic N) is 1. The van der Waals surface area contributed by atoms with Crippen molar-refractivity contribution in [2.45, 2.75) is 30.1 Å². The maximum Gasteiger partial charge on any atom is 0.279 e. The highest BCUT2D eigenvalue weighted by atomic mass is 32.2. The molecule has 0 saturated carbocycles. The van der Waals surface area contributed by atoms with Crippen LogP contribution in [0.2, 0.25) is 0 Å². The number of sulfonamides is 1. The van der Waals surface area contributed by atoms with Crippen molar-refractivity contribution in [3.63, 3.8) is 0 Å². The van der Waals surface area contributed by atoms with Gasteiger partial charge in [-0.2, -0.15) is 4.31 Å². The van der Waals surface area contributed by atoms with Crippen LogP contribution >= 0.6 is 11.3 Å². The maximum absolute atomic E-state index is 12.9. The monoisotopic (exact) mass is 455 g/mol. The Bertz CT molecular complexity index is 980. The summed E-state index contributed by atoms with van der Waals surface area (Å²) in [6.45, 7) is 1.88. The van der Waals surface area contributed by atoms with Crippen LogP contribution in [0.25, 0.3) is 0 Å². The van der Waals surface area contributed by atoms with E-state index >= 15 is 0 Å². The van der Waals surface area contributed by atoms with E-state index in [0.717, 1.165) is 11.3 Å². The van der Waals surface area contributed by atoms with Gasteiger partial charge >= 0.3 is 0 Å². The first-order valence-corrected chi connectivity index (χ1v) is 11.6. The second-order valence-electron chi connectivity index (χ2n) is 6.83. The normalized spacial score (nSPS) is 18.4. The van der Waals surface area contributed by atoms with Gasteiger partial charge in [-0.1, -0.05) is 6.07 Å². The Morgan fingerprint density at radius 3 is 2.63 bits per heavy atom. The van der Waals surface area contributed by atoms with Gasteiger partial charge in [0.25, 0.3) is 15.9 Å². The number of benzene rings is 1. The molecule has 0 radical (unpaired) electrons. The van der Waals surface area contributed by atoms with Crippen LogP contribution in [-0.2, 0) is 19.6 Å². The molecule has 1 fully saturated rings. The van der Waals surface area contributed by atoms with E-state index in [0.29, 0.717) is 25.1 Å². The Labute approximate surface area is 178 Å². The van der Waals surface area contributed by atoms with Crippen LogP contribution in [0.3, 0.4) is 0 Å². The highest BCUT2D eigenvalue weighted by Gasteiger charge is 2.34. The van der Waals surface area contributed by atoms with Crippen molar-refractivity contribution in [3.8, 4) is 5.75 Å². The lowest BCUT2D eigenvalue weighted by atomic mass is 9.99. The largest absolute Gasteiger partial charge is 0.481 e. The molecule has 2 atom stereocenters. The van der Waals surface area contributed by atoms with E-state index in [9.17, 15) is 22.4 Å². The lowest BCUT2D eigenvalue weighted by Crippen LogP contribution is -2.52. The molecule has 162 valence electrons. The van der Waals surface area contributed by atoms with Crippen molar-refractivity contribution in [2.75, 3.05) is 13.1 Å². The van der Waals surface area contributed by atoms with Gasteiger partial charge in [-0.25, -0.2) is 12.8 Å². The molecule has 1 aliphatic rings. The Kier molecular flexibility index (Phi) is 7.06. The first-order valence-electron chi connectivity index (χ1n) is 9.33. The number of hydrogen-bond acceptors (Lipinski definition) is 6. The van der Waals surface area contributed by atoms with Crippen molar-refractivity contribution in [1.82, 2.24) is 15.2 Å². The van der Waals surface area contributed by atoms with E-state index in [4.69, 9.17) is 4.74 Å². The number of amides is 2. The standard InChI is InChI=1S/C19H22FN3O5S2/c1-13(28-16-8-6-15(20)7-9-16)18(24)21-22-19(25)14-4-2-10-23(12-14)30(26,27)17-5-3-11-29-17/h3,5-9,11,13-14H,2,4,10,12H2,1H3,(H,21,24)(H,22,25).